The molecular weight excluding hydrogens is 212 g/mol. The van der Waals surface area contributed by atoms with Gasteiger partial charge in [-0.2, -0.15) is 12.6 Å². The maximum Gasteiger partial charge on any atom is 0.220 e. The summed E-state index contributed by atoms with van der Waals surface area (Å²) in [6.07, 6.45) is 2.78. The Balaban J connectivity index is 2.06. The lowest BCUT2D eigenvalue weighted by molar-refractivity contribution is -0.122. The summed E-state index contributed by atoms with van der Waals surface area (Å²) < 4.78 is 0. The summed E-state index contributed by atoms with van der Waals surface area (Å²) in [4.78, 5) is 22.0. The van der Waals surface area contributed by atoms with Crippen LogP contribution < -0.4 is 10.6 Å². The van der Waals surface area contributed by atoms with Crippen LogP contribution in [-0.2, 0) is 9.59 Å². The molecule has 0 aromatic carbocycles. The number of thiol groups is 1. The van der Waals surface area contributed by atoms with E-state index < -0.39 is 0 Å². The van der Waals surface area contributed by atoms with E-state index in [0.717, 1.165) is 18.6 Å². The zero-order valence-electron chi connectivity index (χ0n) is 9.01. The summed E-state index contributed by atoms with van der Waals surface area (Å²) in [6, 6.07) is 0. The highest BCUT2D eigenvalue weighted by atomic mass is 32.1. The molecule has 1 fully saturated rings. The van der Waals surface area contributed by atoms with Crippen molar-refractivity contribution < 1.29 is 9.59 Å². The number of amides is 2. The lowest BCUT2D eigenvalue weighted by atomic mass is 10.1. The summed E-state index contributed by atoms with van der Waals surface area (Å²) in [5.41, 5.74) is 0.168. The molecule has 0 spiro atoms. The second-order valence-corrected chi connectivity index (χ2v) is 4.48. The molecule has 1 rings (SSSR count). The first-order valence-electron chi connectivity index (χ1n) is 5.20. The molecule has 0 radical (unpaired) electrons. The highest BCUT2D eigenvalue weighted by Gasteiger charge is 2.42. The molecule has 1 aliphatic rings. The van der Waals surface area contributed by atoms with E-state index in [-0.39, 0.29) is 17.2 Å². The van der Waals surface area contributed by atoms with Crippen LogP contribution in [0.5, 0.6) is 0 Å². The molecule has 0 aromatic rings. The number of hydrogen-bond acceptors (Lipinski definition) is 3. The van der Waals surface area contributed by atoms with Crippen molar-refractivity contribution in [1.29, 1.82) is 0 Å². The molecule has 0 aromatic heterocycles. The zero-order valence-corrected chi connectivity index (χ0v) is 9.90. The predicted octanol–water partition coefficient (Wildman–Crippen LogP) is 0.339. The fraction of sp³-hybridized carbons (Fsp3) is 0.800. The van der Waals surface area contributed by atoms with Gasteiger partial charge in [-0.1, -0.05) is 0 Å². The van der Waals surface area contributed by atoms with E-state index in [4.69, 9.17) is 0 Å². The largest absolute Gasteiger partial charge is 0.355 e. The van der Waals surface area contributed by atoms with Crippen LogP contribution in [0.2, 0.25) is 0 Å². The number of rotatable bonds is 6. The van der Waals surface area contributed by atoms with Crippen LogP contribution in [0.15, 0.2) is 0 Å². The summed E-state index contributed by atoms with van der Waals surface area (Å²) in [6.45, 7) is 2.46. The summed E-state index contributed by atoms with van der Waals surface area (Å²) >= 11 is 4.24. The second kappa shape index (κ2) is 5.39. The third kappa shape index (κ3) is 4.55. The Morgan fingerprint density at radius 2 is 1.87 bits per heavy atom. The van der Waals surface area contributed by atoms with Gasteiger partial charge in [0, 0.05) is 26.4 Å². The van der Waals surface area contributed by atoms with Gasteiger partial charge in [0.25, 0.3) is 0 Å². The van der Waals surface area contributed by atoms with Crippen LogP contribution >= 0.6 is 12.6 Å². The van der Waals surface area contributed by atoms with E-state index >= 15 is 0 Å². The molecule has 0 atom stereocenters. The van der Waals surface area contributed by atoms with E-state index in [1.54, 1.807) is 0 Å². The summed E-state index contributed by atoms with van der Waals surface area (Å²) in [7, 11) is 0. The molecule has 0 heterocycles. The van der Waals surface area contributed by atoms with E-state index in [2.05, 4.69) is 23.3 Å². The first kappa shape index (κ1) is 12.4. The van der Waals surface area contributed by atoms with E-state index in [9.17, 15) is 9.59 Å². The van der Waals surface area contributed by atoms with Gasteiger partial charge in [-0.15, -0.1) is 0 Å². The van der Waals surface area contributed by atoms with Crippen molar-refractivity contribution in [3.63, 3.8) is 0 Å². The normalized spacial score (nSPS) is 16.9. The highest BCUT2D eigenvalue weighted by Crippen LogP contribution is 2.49. The smallest absolute Gasteiger partial charge is 0.220 e. The fourth-order valence-electron chi connectivity index (χ4n) is 1.41. The van der Waals surface area contributed by atoms with Crippen molar-refractivity contribution in [1.82, 2.24) is 10.6 Å². The molecule has 15 heavy (non-hydrogen) atoms. The summed E-state index contributed by atoms with van der Waals surface area (Å²) in [5.74, 6) is 0.775. The Morgan fingerprint density at radius 1 is 1.27 bits per heavy atom. The Kier molecular flexibility index (Phi) is 4.45. The quantitative estimate of drug-likeness (QED) is 0.455. The zero-order chi connectivity index (χ0) is 11.3. The fourth-order valence-corrected chi connectivity index (χ4v) is 1.84. The molecule has 4 nitrogen and oxygen atoms in total. The van der Waals surface area contributed by atoms with E-state index in [1.807, 2.05) is 0 Å². The molecule has 0 bridgehead atoms. The van der Waals surface area contributed by atoms with Gasteiger partial charge in [0.2, 0.25) is 11.8 Å². The first-order chi connectivity index (χ1) is 7.08. The molecule has 2 N–H and O–H groups in total. The number of carbonyl (C=O) groups excluding carboxylic acids is 2. The van der Waals surface area contributed by atoms with Crippen molar-refractivity contribution in [3.05, 3.63) is 0 Å². The topological polar surface area (TPSA) is 58.2 Å². The first-order valence-corrected chi connectivity index (χ1v) is 5.83. The molecule has 0 saturated heterocycles. The second-order valence-electron chi connectivity index (χ2n) is 4.17. The standard InChI is InChI=1S/C10H18N2O2S/c1-8(13)11-4-5-12-9(14)6-10(7-15)2-3-10/h15H,2-7H2,1H3,(H,11,13)(H,12,14). The molecule has 1 saturated carbocycles. The monoisotopic (exact) mass is 230 g/mol. The van der Waals surface area contributed by atoms with Crippen molar-refractivity contribution in [2.24, 2.45) is 5.41 Å². The van der Waals surface area contributed by atoms with Crippen LogP contribution in [0.3, 0.4) is 0 Å². The number of hydrogen-bond donors (Lipinski definition) is 3. The molecule has 0 unspecified atom stereocenters. The molecule has 5 heteroatoms. The molecule has 0 aliphatic heterocycles. The van der Waals surface area contributed by atoms with Gasteiger partial charge >= 0.3 is 0 Å². The lowest BCUT2D eigenvalue weighted by Gasteiger charge is -2.11. The van der Waals surface area contributed by atoms with Gasteiger partial charge in [0.05, 0.1) is 0 Å². The van der Waals surface area contributed by atoms with Gasteiger partial charge < -0.3 is 10.6 Å². The van der Waals surface area contributed by atoms with Gasteiger partial charge in [0.1, 0.15) is 0 Å². The lowest BCUT2D eigenvalue weighted by Crippen LogP contribution is -2.34. The number of nitrogens with one attached hydrogen (secondary N) is 2. The Hall–Kier alpha value is -0.710. The molecule has 2 amide bonds. The average Bonchev–Trinajstić information content (AvgIpc) is 2.93. The SMILES string of the molecule is CC(=O)NCCNC(=O)CC1(CS)CC1. The highest BCUT2D eigenvalue weighted by molar-refractivity contribution is 7.80. The van der Waals surface area contributed by atoms with E-state index in [0.29, 0.717) is 19.5 Å². The minimum atomic E-state index is -0.0710. The van der Waals surface area contributed by atoms with Crippen LogP contribution in [0.1, 0.15) is 26.2 Å². The number of carbonyl (C=O) groups is 2. The third-order valence-electron chi connectivity index (χ3n) is 2.65. The van der Waals surface area contributed by atoms with Crippen molar-refractivity contribution >= 4 is 24.4 Å². The van der Waals surface area contributed by atoms with Gasteiger partial charge in [-0.25, -0.2) is 0 Å². The van der Waals surface area contributed by atoms with Crippen LogP contribution in [0, 0.1) is 5.41 Å². The van der Waals surface area contributed by atoms with Gasteiger partial charge in [-0.05, 0) is 24.0 Å². The minimum Gasteiger partial charge on any atom is -0.355 e. The summed E-state index contributed by atoms with van der Waals surface area (Å²) in [5, 5.41) is 5.41. The average molecular weight is 230 g/mol. The minimum absolute atomic E-state index is 0.0619. The Labute approximate surface area is 95.6 Å². The molecule has 86 valence electrons. The maximum absolute atomic E-state index is 11.4. The van der Waals surface area contributed by atoms with Gasteiger partial charge in [-0.3, -0.25) is 9.59 Å². The van der Waals surface area contributed by atoms with Crippen LogP contribution in [-0.4, -0.2) is 30.7 Å². The van der Waals surface area contributed by atoms with Crippen LogP contribution in [0.25, 0.3) is 0 Å². The van der Waals surface area contributed by atoms with Crippen LogP contribution in [0.4, 0.5) is 0 Å². The van der Waals surface area contributed by atoms with Crippen molar-refractivity contribution in [3.8, 4) is 0 Å². The Morgan fingerprint density at radius 3 is 2.33 bits per heavy atom. The predicted molar refractivity (Wildman–Crippen MR) is 61.8 cm³/mol. The Bertz CT molecular complexity index is 252. The molecular formula is C10H18N2O2S. The molecule has 1 aliphatic carbocycles. The van der Waals surface area contributed by atoms with E-state index in [1.165, 1.54) is 6.92 Å². The third-order valence-corrected chi connectivity index (χ3v) is 3.32. The maximum atomic E-state index is 11.4. The van der Waals surface area contributed by atoms with Gasteiger partial charge in [0.15, 0.2) is 0 Å². The van der Waals surface area contributed by atoms with Crippen molar-refractivity contribution in [2.75, 3.05) is 18.8 Å². The van der Waals surface area contributed by atoms with Crippen molar-refractivity contribution in [2.45, 2.75) is 26.2 Å².